The summed E-state index contributed by atoms with van der Waals surface area (Å²) in [7, 11) is 1.98. The number of hydrogen-bond acceptors (Lipinski definition) is 5. The second-order valence-electron chi connectivity index (χ2n) is 7.68. The van der Waals surface area contributed by atoms with Crippen LogP contribution in [-0.4, -0.2) is 58.5 Å². The quantitative estimate of drug-likeness (QED) is 0.372. The molecule has 1 aromatic heterocycles. The van der Waals surface area contributed by atoms with E-state index >= 15 is 0 Å². The second kappa shape index (κ2) is 11.7. The van der Waals surface area contributed by atoms with Crippen LogP contribution in [0.3, 0.4) is 0 Å². The van der Waals surface area contributed by atoms with Gasteiger partial charge in [-0.1, -0.05) is 37.6 Å². The molecule has 0 atom stereocenters. The van der Waals surface area contributed by atoms with Crippen molar-refractivity contribution >= 4 is 5.96 Å². The van der Waals surface area contributed by atoms with Crippen LogP contribution in [0.1, 0.15) is 42.5 Å². The lowest BCUT2D eigenvalue weighted by molar-refractivity contribution is 0.0341. The fourth-order valence-corrected chi connectivity index (χ4v) is 3.36. The van der Waals surface area contributed by atoms with Gasteiger partial charge in [-0.15, -0.1) is 10.2 Å². The van der Waals surface area contributed by atoms with E-state index in [0.29, 0.717) is 13.1 Å². The van der Waals surface area contributed by atoms with Gasteiger partial charge in [-0.25, -0.2) is 4.99 Å². The van der Waals surface area contributed by atoms with Crippen molar-refractivity contribution in [2.24, 2.45) is 12.0 Å². The maximum atomic E-state index is 5.48. The van der Waals surface area contributed by atoms with Gasteiger partial charge in [0.25, 0.3) is 0 Å². The summed E-state index contributed by atoms with van der Waals surface area (Å²) in [6.07, 6.45) is 2.25. The Kier molecular flexibility index (Phi) is 8.65. The van der Waals surface area contributed by atoms with Gasteiger partial charge in [0, 0.05) is 33.2 Å². The molecule has 0 saturated carbocycles. The molecule has 3 rings (SSSR count). The summed E-state index contributed by atoms with van der Waals surface area (Å²) in [5, 5.41) is 15.2. The van der Waals surface area contributed by atoms with E-state index in [0.717, 1.165) is 69.8 Å². The number of aryl methyl sites for hydroxylation is 1. The molecule has 1 aliphatic rings. The average Bonchev–Trinajstić information content (AvgIpc) is 3.09. The molecule has 0 aliphatic carbocycles. The molecule has 0 amide bonds. The third-order valence-corrected chi connectivity index (χ3v) is 5.44. The number of unbranched alkanes of at least 4 members (excludes halogenated alkanes) is 1. The number of aromatic nitrogens is 3. The number of hydrogen-bond donors (Lipinski definition) is 2. The van der Waals surface area contributed by atoms with Crippen molar-refractivity contribution < 1.29 is 4.74 Å². The number of guanidine groups is 1. The first-order chi connectivity index (χ1) is 14.7. The summed E-state index contributed by atoms with van der Waals surface area (Å²) in [6.45, 7) is 10.8. The minimum atomic E-state index is 0.588. The molecular weight excluding hydrogens is 378 g/mol. The highest BCUT2D eigenvalue weighted by Crippen LogP contribution is 2.14. The molecule has 0 spiro atoms. The summed E-state index contributed by atoms with van der Waals surface area (Å²) in [5.41, 5.74) is 2.59. The molecule has 0 bridgehead atoms. The molecule has 30 heavy (non-hydrogen) atoms. The highest BCUT2D eigenvalue weighted by Gasteiger charge is 2.13. The lowest BCUT2D eigenvalue weighted by Gasteiger charge is -2.27. The normalized spacial score (nSPS) is 15.4. The summed E-state index contributed by atoms with van der Waals surface area (Å²) in [5.74, 6) is 2.61. The SMILES string of the molecule is CCCCNC(=NCc1ccccc1CN1CCOCC1)NCc1nnc(C)n1C. The van der Waals surface area contributed by atoms with Crippen LogP contribution >= 0.6 is 0 Å². The van der Waals surface area contributed by atoms with Gasteiger partial charge in [0.2, 0.25) is 0 Å². The number of benzene rings is 1. The number of nitrogens with zero attached hydrogens (tertiary/aromatic N) is 5. The zero-order valence-electron chi connectivity index (χ0n) is 18.5. The Hall–Kier alpha value is -2.45. The number of nitrogens with one attached hydrogen (secondary N) is 2. The highest BCUT2D eigenvalue weighted by molar-refractivity contribution is 5.79. The summed E-state index contributed by atoms with van der Waals surface area (Å²) in [4.78, 5) is 7.31. The van der Waals surface area contributed by atoms with Crippen LogP contribution in [0.15, 0.2) is 29.3 Å². The lowest BCUT2D eigenvalue weighted by atomic mass is 10.1. The van der Waals surface area contributed by atoms with Crippen LogP contribution in [-0.2, 0) is 31.4 Å². The van der Waals surface area contributed by atoms with Gasteiger partial charge in [0.15, 0.2) is 11.8 Å². The minimum absolute atomic E-state index is 0.588. The Balaban J connectivity index is 1.65. The van der Waals surface area contributed by atoms with Gasteiger partial charge in [0.05, 0.1) is 26.3 Å². The van der Waals surface area contributed by atoms with Crippen molar-refractivity contribution in [3.05, 3.63) is 47.0 Å². The Morgan fingerprint density at radius 2 is 1.90 bits per heavy atom. The highest BCUT2D eigenvalue weighted by atomic mass is 16.5. The van der Waals surface area contributed by atoms with E-state index in [9.17, 15) is 0 Å². The largest absolute Gasteiger partial charge is 0.379 e. The number of morpholine rings is 1. The van der Waals surface area contributed by atoms with Crippen LogP contribution < -0.4 is 10.6 Å². The fraction of sp³-hybridized carbons (Fsp3) is 0.591. The standard InChI is InChI=1S/C22H35N7O/c1-4-5-10-23-22(25-16-21-27-26-18(2)28(21)3)24-15-19-8-6-7-9-20(19)17-29-11-13-30-14-12-29/h6-9H,4-5,10-17H2,1-3H3,(H2,23,24,25). The van der Waals surface area contributed by atoms with Gasteiger partial charge in [-0.2, -0.15) is 0 Å². The average molecular weight is 414 g/mol. The predicted octanol–water partition coefficient (Wildman–Crippen LogP) is 1.99. The van der Waals surface area contributed by atoms with E-state index < -0.39 is 0 Å². The zero-order chi connectivity index (χ0) is 21.2. The van der Waals surface area contributed by atoms with Crippen LogP contribution in [0.5, 0.6) is 0 Å². The van der Waals surface area contributed by atoms with Crippen molar-refractivity contribution in [1.82, 2.24) is 30.3 Å². The fourth-order valence-electron chi connectivity index (χ4n) is 3.36. The topological polar surface area (TPSA) is 79.6 Å². The monoisotopic (exact) mass is 413 g/mol. The molecule has 164 valence electrons. The van der Waals surface area contributed by atoms with Gasteiger partial charge in [-0.3, -0.25) is 4.90 Å². The van der Waals surface area contributed by atoms with E-state index in [1.165, 1.54) is 11.1 Å². The van der Waals surface area contributed by atoms with Crippen molar-refractivity contribution in [2.45, 2.75) is 46.3 Å². The molecule has 2 N–H and O–H groups in total. The Labute approximate surface area is 179 Å². The molecular formula is C22H35N7O. The van der Waals surface area contributed by atoms with E-state index in [4.69, 9.17) is 9.73 Å². The Bertz CT molecular complexity index is 812. The Morgan fingerprint density at radius 3 is 2.60 bits per heavy atom. The van der Waals surface area contributed by atoms with Crippen molar-refractivity contribution in [3.63, 3.8) is 0 Å². The van der Waals surface area contributed by atoms with E-state index in [-0.39, 0.29) is 0 Å². The Morgan fingerprint density at radius 1 is 1.13 bits per heavy atom. The van der Waals surface area contributed by atoms with E-state index in [2.05, 4.69) is 56.9 Å². The third kappa shape index (κ3) is 6.53. The smallest absolute Gasteiger partial charge is 0.191 e. The second-order valence-corrected chi connectivity index (χ2v) is 7.68. The molecule has 2 aromatic rings. The first kappa shape index (κ1) is 22.2. The van der Waals surface area contributed by atoms with Gasteiger partial charge >= 0.3 is 0 Å². The summed E-state index contributed by atoms with van der Waals surface area (Å²) < 4.78 is 7.47. The van der Waals surface area contributed by atoms with E-state index in [1.54, 1.807) is 0 Å². The number of rotatable bonds is 9. The van der Waals surface area contributed by atoms with E-state index in [1.807, 2.05) is 18.5 Å². The van der Waals surface area contributed by atoms with Crippen molar-refractivity contribution in [3.8, 4) is 0 Å². The maximum Gasteiger partial charge on any atom is 0.191 e. The summed E-state index contributed by atoms with van der Waals surface area (Å²) in [6, 6.07) is 8.58. The van der Waals surface area contributed by atoms with Crippen LogP contribution in [0, 0.1) is 6.92 Å². The van der Waals surface area contributed by atoms with Crippen LogP contribution in [0.25, 0.3) is 0 Å². The maximum absolute atomic E-state index is 5.48. The van der Waals surface area contributed by atoms with Gasteiger partial charge < -0.3 is 19.9 Å². The van der Waals surface area contributed by atoms with Crippen molar-refractivity contribution in [1.29, 1.82) is 0 Å². The molecule has 2 heterocycles. The molecule has 8 nitrogen and oxygen atoms in total. The third-order valence-electron chi connectivity index (χ3n) is 5.44. The molecule has 1 fully saturated rings. The summed E-state index contributed by atoms with van der Waals surface area (Å²) >= 11 is 0. The van der Waals surface area contributed by atoms with Crippen LogP contribution in [0.4, 0.5) is 0 Å². The van der Waals surface area contributed by atoms with Gasteiger partial charge in [0.1, 0.15) is 5.82 Å². The zero-order valence-corrected chi connectivity index (χ0v) is 18.5. The minimum Gasteiger partial charge on any atom is -0.379 e. The molecule has 8 heteroatoms. The van der Waals surface area contributed by atoms with Gasteiger partial charge in [-0.05, 0) is 24.5 Å². The molecule has 0 unspecified atom stereocenters. The number of ether oxygens (including phenoxy) is 1. The molecule has 0 radical (unpaired) electrons. The molecule has 1 saturated heterocycles. The lowest BCUT2D eigenvalue weighted by Crippen LogP contribution is -2.38. The first-order valence-corrected chi connectivity index (χ1v) is 10.9. The molecule has 1 aliphatic heterocycles. The first-order valence-electron chi connectivity index (χ1n) is 10.9. The van der Waals surface area contributed by atoms with Crippen molar-refractivity contribution in [2.75, 3.05) is 32.8 Å². The predicted molar refractivity (Wildman–Crippen MR) is 119 cm³/mol. The molecule has 1 aromatic carbocycles. The number of aliphatic imine (C=N–C) groups is 1. The van der Waals surface area contributed by atoms with Crippen LogP contribution in [0.2, 0.25) is 0 Å².